The third-order valence-electron chi connectivity index (χ3n) is 6.42. The van der Waals surface area contributed by atoms with E-state index in [1.165, 1.54) is 30.6 Å². The van der Waals surface area contributed by atoms with Gasteiger partial charge < -0.3 is 19.9 Å². The lowest BCUT2D eigenvalue weighted by Gasteiger charge is -2.26. The molecule has 0 bridgehead atoms. The van der Waals surface area contributed by atoms with E-state index in [4.69, 9.17) is 16.3 Å². The van der Waals surface area contributed by atoms with E-state index in [0.717, 1.165) is 12.1 Å². The summed E-state index contributed by atoms with van der Waals surface area (Å²) in [4.78, 5) is 12.8. The van der Waals surface area contributed by atoms with Gasteiger partial charge in [0.05, 0.1) is 17.3 Å². The Balaban J connectivity index is 1.47. The van der Waals surface area contributed by atoms with E-state index in [1.54, 1.807) is 18.2 Å². The van der Waals surface area contributed by atoms with Gasteiger partial charge in [-0.2, -0.15) is 0 Å². The molecule has 2 aromatic heterocycles. The second-order valence-corrected chi connectivity index (χ2v) is 10.3. The molecule has 3 N–H and O–H groups in total. The summed E-state index contributed by atoms with van der Waals surface area (Å²) < 4.78 is 89.8. The fourth-order valence-corrected chi connectivity index (χ4v) is 5.17. The molecule has 0 spiro atoms. The third-order valence-corrected chi connectivity index (χ3v) is 7.20. The van der Waals surface area contributed by atoms with Gasteiger partial charge in [0.25, 0.3) is 0 Å². The van der Waals surface area contributed by atoms with Gasteiger partial charge in [-0.3, -0.25) is 4.21 Å². The van der Waals surface area contributed by atoms with Crippen LogP contribution < -0.4 is 20.1 Å². The van der Waals surface area contributed by atoms with Crippen LogP contribution in [0.3, 0.4) is 0 Å². The molecule has 0 aliphatic carbocycles. The molecule has 1 fully saturated rings. The lowest BCUT2D eigenvalue weighted by molar-refractivity contribution is 0.254. The first-order valence-corrected chi connectivity index (χ1v) is 14.0. The molecule has 0 saturated carbocycles. The van der Waals surface area contributed by atoms with Crippen LogP contribution in [0.15, 0.2) is 60.9 Å². The zero-order chi connectivity index (χ0) is 29.8. The van der Waals surface area contributed by atoms with Crippen LogP contribution in [0.1, 0.15) is 23.6 Å². The molecule has 0 radical (unpaired) electrons. The molecule has 9 nitrogen and oxygen atoms in total. The average Bonchev–Trinajstić information content (AvgIpc) is 2.96. The summed E-state index contributed by atoms with van der Waals surface area (Å²) in [6, 6.07) is 8.44. The monoisotopic (exact) mass is 621 g/mol. The maximum absolute atomic E-state index is 15.6. The Hall–Kier alpha value is -3.69. The summed E-state index contributed by atoms with van der Waals surface area (Å²) in [6.45, 7) is 0.803. The number of aromatic nitrogens is 3. The second kappa shape index (κ2) is 13.1. The van der Waals surface area contributed by atoms with E-state index in [1.807, 2.05) is 4.72 Å². The first-order valence-electron chi connectivity index (χ1n) is 12.6. The molecule has 1 saturated heterocycles. The summed E-state index contributed by atoms with van der Waals surface area (Å²) in [5.74, 6) is -3.86. The third kappa shape index (κ3) is 6.68. The summed E-state index contributed by atoms with van der Waals surface area (Å²) in [7, 11) is 0. The van der Waals surface area contributed by atoms with E-state index in [0.29, 0.717) is 17.8 Å². The van der Waals surface area contributed by atoms with Crippen molar-refractivity contribution in [2.75, 3.05) is 18.4 Å². The molecule has 2 unspecified atom stereocenters. The lowest BCUT2D eigenvalue weighted by Crippen LogP contribution is -2.44. The Kier molecular flexibility index (Phi) is 9.28. The van der Waals surface area contributed by atoms with Crippen LogP contribution in [0.25, 0.3) is 11.3 Å². The molecule has 15 heteroatoms. The first kappa shape index (κ1) is 29.8. The minimum Gasteiger partial charge on any atom is -0.760 e. The fourth-order valence-electron chi connectivity index (χ4n) is 4.54. The van der Waals surface area contributed by atoms with Crippen LogP contribution >= 0.6 is 11.6 Å². The van der Waals surface area contributed by atoms with Crippen LogP contribution in [0, 0.1) is 17.5 Å². The molecule has 0 amide bonds. The van der Waals surface area contributed by atoms with E-state index in [9.17, 15) is 17.5 Å². The Morgan fingerprint density at radius 2 is 1.88 bits per heavy atom. The van der Waals surface area contributed by atoms with Gasteiger partial charge in [0.15, 0.2) is 11.6 Å². The Labute approximate surface area is 245 Å². The highest BCUT2D eigenvalue weighted by Gasteiger charge is 2.29. The molecule has 4 aromatic rings. The van der Waals surface area contributed by atoms with Crippen LogP contribution in [0.5, 0.6) is 11.6 Å². The molecule has 2 aromatic carbocycles. The Morgan fingerprint density at radius 1 is 1.07 bits per heavy atom. The van der Waals surface area contributed by atoms with E-state index >= 15 is 8.78 Å². The van der Waals surface area contributed by atoms with Gasteiger partial charge >= 0.3 is 0 Å². The van der Waals surface area contributed by atoms with Crippen molar-refractivity contribution in [2.45, 2.75) is 24.7 Å². The predicted molar refractivity (Wildman–Crippen MR) is 147 cm³/mol. The van der Waals surface area contributed by atoms with Gasteiger partial charge in [0.2, 0.25) is 11.8 Å². The minimum atomic E-state index is -3.02. The highest BCUT2D eigenvalue weighted by molar-refractivity contribution is 7.77. The molecule has 1 aliphatic rings. The topological polar surface area (TPSA) is 124 Å². The molecular formula is C27H22ClF4N6O3S-. The minimum absolute atomic E-state index is 0.108. The highest BCUT2D eigenvalue weighted by atomic mass is 35.5. The number of benzene rings is 2. The summed E-state index contributed by atoms with van der Waals surface area (Å²) >= 11 is 3.21. The Morgan fingerprint density at radius 3 is 2.64 bits per heavy atom. The van der Waals surface area contributed by atoms with Crippen molar-refractivity contribution in [1.82, 2.24) is 25.0 Å². The van der Waals surface area contributed by atoms with E-state index in [2.05, 4.69) is 25.6 Å². The number of hydrogen-bond donors (Lipinski definition) is 3. The van der Waals surface area contributed by atoms with Crippen LogP contribution in [-0.4, -0.2) is 49.0 Å². The highest BCUT2D eigenvalue weighted by Crippen LogP contribution is 2.40. The number of pyridine rings is 1. The molecule has 4 atom stereocenters. The van der Waals surface area contributed by atoms with Crippen molar-refractivity contribution in [2.24, 2.45) is 0 Å². The number of halogens is 5. The van der Waals surface area contributed by atoms with Gasteiger partial charge in [0.1, 0.15) is 22.8 Å². The molecule has 3 heterocycles. The standard InChI is InChI=1S/C27H23ClF4N6O3S/c28-23-21(11-19(31)22(24(23)32)25(38-42(39)40)16-4-1-2-6-18(16)30)41-26-17(5-3-8-34-26)20-7-9-35-27(37-20)36-15-10-14(29)12-33-13-15/h1-9,11,14-15,25,33,38H,10,12-13H2,(H,39,40)(H,35,36,37)/p-1/t14-,15-,25?/m0/s1. The number of nitrogens with one attached hydrogen (secondary N) is 3. The van der Waals surface area contributed by atoms with Gasteiger partial charge in [-0.1, -0.05) is 29.8 Å². The maximum Gasteiger partial charge on any atom is 0.228 e. The molecule has 1 aliphatic heterocycles. The number of rotatable bonds is 9. The van der Waals surface area contributed by atoms with Gasteiger partial charge in [0, 0.05) is 66.4 Å². The molecule has 5 rings (SSSR count). The van der Waals surface area contributed by atoms with Crippen molar-refractivity contribution < 1.29 is 31.1 Å². The molecular weight excluding hydrogens is 600 g/mol. The smallest absolute Gasteiger partial charge is 0.228 e. The number of alkyl halides is 1. The van der Waals surface area contributed by atoms with Crippen LogP contribution in [-0.2, 0) is 11.3 Å². The molecule has 220 valence electrons. The number of nitrogens with zero attached hydrogens (tertiary/aromatic N) is 3. The van der Waals surface area contributed by atoms with Crippen molar-refractivity contribution in [3.05, 3.63) is 94.5 Å². The van der Waals surface area contributed by atoms with Crippen molar-refractivity contribution in [3.63, 3.8) is 0 Å². The number of hydrogen-bond acceptors (Lipinski definition) is 8. The quantitative estimate of drug-likeness (QED) is 0.136. The number of piperidine rings is 1. The zero-order valence-electron chi connectivity index (χ0n) is 21.5. The average molecular weight is 622 g/mol. The normalized spacial score (nSPS) is 18.3. The van der Waals surface area contributed by atoms with Crippen molar-refractivity contribution >= 4 is 28.8 Å². The summed E-state index contributed by atoms with van der Waals surface area (Å²) in [5, 5.41) is 5.37. The predicted octanol–water partition coefficient (Wildman–Crippen LogP) is 4.99. The Bertz CT molecular complexity index is 1620. The van der Waals surface area contributed by atoms with Crippen molar-refractivity contribution in [1.29, 1.82) is 0 Å². The molecule has 42 heavy (non-hydrogen) atoms. The fraction of sp³-hybridized carbons (Fsp3) is 0.222. The van der Waals surface area contributed by atoms with E-state index in [-0.39, 0.29) is 36.4 Å². The summed E-state index contributed by atoms with van der Waals surface area (Å²) in [6.07, 6.45) is 2.13. The van der Waals surface area contributed by atoms with Gasteiger partial charge in [-0.05, 0) is 24.3 Å². The van der Waals surface area contributed by atoms with Crippen LogP contribution in [0.4, 0.5) is 23.5 Å². The zero-order valence-corrected chi connectivity index (χ0v) is 23.1. The van der Waals surface area contributed by atoms with Gasteiger partial charge in [-0.15, -0.1) is 0 Å². The lowest BCUT2D eigenvalue weighted by atomic mass is 9.97. The largest absolute Gasteiger partial charge is 0.760 e. The number of ether oxygens (including phenoxy) is 1. The second-order valence-electron chi connectivity index (χ2n) is 9.26. The number of anilines is 1. The van der Waals surface area contributed by atoms with E-state index < -0.39 is 57.3 Å². The van der Waals surface area contributed by atoms with Crippen molar-refractivity contribution in [3.8, 4) is 22.9 Å². The summed E-state index contributed by atoms with van der Waals surface area (Å²) in [5.41, 5.74) is -0.495. The van der Waals surface area contributed by atoms with Gasteiger partial charge in [-0.25, -0.2) is 37.2 Å². The first-order chi connectivity index (χ1) is 20.2. The van der Waals surface area contributed by atoms with Crippen LogP contribution in [0.2, 0.25) is 5.02 Å². The maximum atomic E-state index is 15.6. The SMILES string of the molecule is O=S([O-])NC(c1ccccc1F)c1c(F)cc(Oc2ncccc2-c2ccnc(N[C@@H]3CNC[C@@H](F)C3)n2)c(Cl)c1F.